The molecule has 128 valence electrons. The van der Waals surface area contributed by atoms with Crippen LogP contribution in [0, 0.1) is 0 Å². The smallest absolute Gasteiger partial charge is 0.266 e. The van der Waals surface area contributed by atoms with E-state index >= 15 is 0 Å². The van der Waals surface area contributed by atoms with Gasteiger partial charge in [0.2, 0.25) is 4.96 Å². The Bertz CT molecular complexity index is 1230. The number of hydrogen-bond donors (Lipinski definition) is 0. The van der Waals surface area contributed by atoms with Gasteiger partial charge in [-0.05, 0) is 41.5 Å². The van der Waals surface area contributed by atoms with Gasteiger partial charge in [0, 0.05) is 9.50 Å². The molecular formula is C19H11BrClN3OS. The average molecular weight is 445 g/mol. The molecule has 0 saturated carbocycles. The molecule has 2 aromatic carbocycles. The van der Waals surface area contributed by atoms with Crippen molar-refractivity contribution >= 4 is 62.1 Å². The highest BCUT2D eigenvalue weighted by molar-refractivity contribution is 9.10. The summed E-state index contributed by atoms with van der Waals surface area (Å²) >= 11 is 10.7. The molecule has 7 heteroatoms. The van der Waals surface area contributed by atoms with Crippen LogP contribution in [0.2, 0.25) is 5.02 Å². The lowest BCUT2D eigenvalue weighted by Gasteiger charge is -1.94. The van der Waals surface area contributed by atoms with E-state index in [4.69, 9.17) is 11.6 Å². The Morgan fingerprint density at radius 1 is 1.08 bits per heavy atom. The number of thiazole rings is 1. The summed E-state index contributed by atoms with van der Waals surface area (Å²) < 4.78 is 2.87. The van der Waals surface area contributed by atoms with Crippen LogP contribution in [0.4, 0.5) is 0 Å². The Morgan fingerprint density at radius 3 is 2.58 bits per heavy atom. The molecule has 0 atom stereocenters. The molecular weight excluding hydrogens is 434 g/mol. The first-order valence-corrected chi connectivity index (χ1v) is 9.68. The molecule has 0 aliphatic heterocycles. The molecule has 0 aliphatic carbocycles. The van der Waals surface area contributed by atoms with Gasteiger partial charge in [-0.2, -0.15) is 9.50 Å². The SMILES string of the molecule is O=c1/c(=C/c2ccccc2Br)sc2nc(/C=C/c3ccc(Cl)cc3)nn12. The van der Waals surface area contributed by atoms with Crippen LogP contribution in [0.15, 0.2) is 57.8 Å². The topological polar surface area (TPSA) is 47.3 Å². The van der Waals surface area contributed by atoms with Crippen LogP contribution in [0.1, 0.15) is 17.0 Å². The van der Waals surface area contributed by atoms with Gasteiger partial charge in [-0.3, -0.25) is 4.79 Å². The number of halogens is 2. The number of fused-ring (bicyclic) bond motifs is 1. The number of benzene rings is 2. The van der Waals surface area contributed by atoms with Crippen LogP contribution in [0.5, 0.6) is 0 Å². The van der Waals surface area contributed by atoms with Gasteiger partial charge in [-0.25, -0.2) is 0 Å². The van der Waals surface area contributed by atoms with Crippen molar-refractivity contribution in [3.05, 3.63) is 89.9 Å². The van der Waals surface area contributed by atoms with Crippen LogP contribution >= 0.6 is 38.9 Å². The van der Waals surface area contributed by atoms with Crippen LogP contribution < -0.4 is 10.1 Å². The minimum atomic E-state index is -0.167. The second-order valence-corrected chi connectivity index (χ2v) is 7.79. The maximum Gasteiger partial charge on any atom is 0.291 e. The van der Waals surface area contributed by atoms with Crippen LogP contribution in [0.3, 0.4) is 0 Å². The maximum absolute atomic E-state index is 12.6. The first-order chi connectivity index (χ1) is 12.6. The van der Waals surface area contributed by atoms with E-state index in [-0.39, 0.29) is 5.56 Å². The Kier molecular flexibility index (Phi) is 4.72. The molecule has 0 unspecified atom stereocenters. The molecule has 26 heavy (non-hydrogen) atoms. The van der Waals surface area contributed by atoms with E-state index in [0.29, 0.717) is 20.3 Å². The maximum atomic E-state index is 12.6. The van der Waals surface area contributed by atoms with Crippen molar-refractivity contribution < 1.29 is 0 Å². The Labute approximate surface area is 166 Å². The molecule has 2 aromatic heterocycles. The third kappa shape index (κ3) is 3.49. The third-order valence-electron chi connectivity index (χ3n) is 3.68. The van der Waals surface area contributed by atoms with Crippen molar-refractivity contribution in [1.29, 1.82) is 0 Å². The highest BCUT2D eigenvalue weighted by Crippen LogP contribution is 2.16. The van der Waals surface area contributed by atoms with Gasteiger partial charge >= 0.3 is 0 Å². The molecule has 0 spiro atoms. The standard InChI is InChI=1S/C19H11BrClN3OS/c20-15-4-2-1-3-13(15)11-16-18(25)24-19(26-16)22-17(23-24)10-7-12-5-8-14(21)9-6-12/h1-11H/b10-7+,16-11-. The summed E-state index contributed by atoms with van der Waals surface area (Å²) in [6.07, 6.45) is 5.50. The zero-order valence-corrected chi connectivity index (χ0v) is 16.4. The summed E-state index contributed by atoms with van der Waals surface area (Å²) in [4.78, 5) is 17.5. The number of hydrogen-bond acceptors (Lipinski definition) is 4. The molecule has 0 amide bonds. The summed E-state index contributed by atoms with van der Waals surface area (Å²) in [5.41, 5.74) is 1.76. The van der Waals surface area contributed by atoms with E-state index < -0.39 is 0 Å². The lowest BCUT2D eigenvalue weighted by Crippen LogP contribution is -2.23. The summed E-state index contributed by atoms with van der Waals surface area (Å²) in [6.45, 7) is 0. The Hall–Kier alpha value is -2.28. The second-order valence-electron chi connectivity index (χ2n) is 5.49. The van der Waals surface area contributed by atoms with E-state index in [2.05, 4.69) is 26.0 Å². The van der Waals surface area contributed by atoms with Gasteiger partial charge in [-0.1, -0.05) is 75.3 Å². The summed E-state index contributed by atoms with van der Waals surface area (Å²) in [6, 6.07) is 15.2. The second kappa shape index (κ2) is 7.15. The molecule has 0 bridgehead atoms. The van der Waals surface area contributed by atoms with E-state index in [1.54, 1.807) is 6.08 Å². The highest BCUT2D eigenvalue weighted by atomic mass is 79.9. The Morgan fingerprint density at radius 2 is 1.85 bits per heavy atom. The van der Waals surface area contributed by atoms with Gasteiger partial charge in [0.05, 0.1) is 4.53 Å². The molecule has 4 rings (SSSR count). The van der Waals surface area contributed by atoms with E-state index in [1.165, 1.54) is 15.9 Å². The molecule has 4 aromatic rings. The van der Waals surface area contributed by atoms with Gasteiger partial charge in [0.25, 0.3) is 5.56 Å². The van der Waals surface area contributed by atoms with Gasteiger partial charge in [-0.15, -0.1) is 5.10 Å². The molecule has 0 aliphatic rings. The predicted octanol–water partition coefficient (Wildman–Crippen LogP) is 4.29. The van der Waals surface area contributed by atoms with Crippen molar-refractivity contribution in [1.82, 2.24) is 14.6 Å². The van der Waals surface area contributed by atoms with E-state index in [0.717, 1.165) is 15.6 Å². The average Bonchev–Trinajstić information content (AvgIpc) is 3.16. The van der Waals surface area contributed by atoms with Crippen molar-refractivity contribution in [2.24, 2.45) is 0 Å². The van der Waals surface area contributed by atoms with Crippen LogP contribution in [-0.4, -0.2) is 14.6 Å². The molecule has 0 saturated heterocycles. The van der Waals surface area contributed by atoms with Gasteiger partial charge in [0.1, 0.15) is 0 Å². The number of aromatic nitrogens is 3. The van der Waals surface area contributed by atoms with Crippen LogP contribution in [-0.2, 0) is 0 Å². The summed E-state index contributed by atoms with van der Waals surface area (Å²) in [5, 5.41) is 4.98. The Balaban J connectivity index is 1.69. The van der Waals surface area contributed by atoms with Gasteiger partial charge < -0.3 is 0 Å². The molecule has 0 fully saturated rings. The molecule has 0 radical (unpaired) electrons. The molecule has 0 N–H and O–H groups in total. The highest BCUT2D eigenvalue weighted by Gasteiger charge is 2.09. The largest absolute Gasteiger partial charge is 0.291 e. The minimum Gasteiger partial charge on any atom is -0.266 e. The van der Waals surface area contributed by atoms with E-state index in [1.807, 2.05) is 60.7 Å². The molecule has 2 heterocycles. The zero-order valence-electron chi connectivity index (χ0n) is 13.3. The fourth-order valence-electron chi connectivity index (χ4n) is 2.40. The lowest BCUT2D eigenvalue weighted by molar-refractivity contribution is 0.925. The monoisotopic (exact) mass is 443 g/mol. The van der Waals surface area contributed by atoms with Crippen molar-refractivity contribution in [3.63, 3.8) is 0 Å². The lowest BCUT2D eigenvalue weighted by atomic mass is 10.2. The van der Waals surface area contributed by atoms with Gasteiger partial charge in [0.15, 0.2) is 5.82 Å². The van der Waals surface area contributed by atoms with Crippen molar-refractivity contribution in [3.8, 4) is 0 Å². The van der Waals surface area contributed by atoms with Crippen molar-refractivity contribution in [2.45, 2.75) is 0 Å². The fraction of sp³-hybridized carbons (Fsp3) is 0. The number of rotatable bonds is 3. The summed E-state index contributed by atoms with van der Waals surface area (Å²) in [7, 11) is 0. The molecule has 4 nitrogen and oxygen atoms in total. The predicted molar refractivity (Wildman–Crippen MR) is 110 cm³/mol. The van der Waals surface area contributed by atoms with E-state index in [9.17, 15) is 4.79 Å². The minimum absolute atomic E-state index is 0.167. The normalized spacial score (nSPS) is 12.5. The fourth-order valence-corrected chi connectivity index (χ4v) is 3.83. The quantitative estimate of drug-likeness (QED) is 0.474. The first-order valence-electron chi connectivity index (χ1n) is 7.70. The zero-order chi connectivity index (χ0) is 18.1. The van der Waals surface area contributed by atoms with Crippen molar-refractivity contribution in [2.75, 3.05) is 0 Å². The third-order valence-corrected chi connectivity index (χ3v) is 5.62. The first kappa shape index (κ1) is 17.1. The number of nitrogens with zero attached hydrogens (tertiary/aromatic N) is 3. The van der Waals surface area contributed by atoms with Crippen LogP contribution in [0.25, 0.3) is 23.2 Å². The summed E-state index contributed by atoms with van der Waals surface area (Å²) in [5.74, 6) is 0.496.